The van der Waals surface area contributed by atoms with Crippen LogP contribution in [0.15, 0.2) is 30.3 Å². The molecule has 2 aromatic carbocycles. The fourth-order valence-corrected chi connectivity index (χ4v) is 2.29. The predicted octanol–water partition coefficient (Wildman–Crippen LogP) is 5.01. The van der Waals surface area contributed by atoms with Gasteiger partial charge >= 0.3 is 0 Å². The van der Waals surface area contributed by atoms with Crippen molar-refractivity contribution < 1.29 is 4.74 Å². The molecule has 0 heterocycles. The molecule has 0 spiro atoms. The summed E-state index contributed by atoms with van der Waals surface area (Å²) in [7, 11) is 0. The van der Waals surface area contributed by atoms with Crippen LogP contribution in [-0.2, 0) is 5.88 Å². The molecule has 3 heteroatoms. The molecule has 0 aliphatic carbocycles. The molecule has 0 amide bonds. The lowest BCUT2D eigenvalue weighted by atomic mass is 10.1. The maximum absolute atomic E-state index is 8.97. The minimum atomic E-state index is 0.460. The van der Waals surface area contributed by atoms with Gasteiger partial charge in [0.1, 0.15) is 11.5 Å². The molecule has 0 bridgehead atoms. The maximum Gasteiger partial charge on any atom is 0.133 e. The van der Waals surface area contributed by atoms with E-state index in [1.54, 1.807) is 0 Å². The van der Waals surface area contributed by atoms with Gasteiger partial charge in [-0.2, -0.15) is 5.26 Å². The molecule has 20 heavy (non-hydrogen) atoms. The number of rotatable bonds is 3. The van der Waals surface area contributed by atoms with E-state index in [2.05, 4.69) is 6.07 Å². The summed E-state index contributed by atoms with van der Waals surface area (Å²) >= 11 is 5.86. The lowest BCUT2D eigenvalue weighted by Crippen LogP contribution is -1.95. The summed E-state index contributed by atoms with van der Waals surface area (Å²) in [5, 5.41) is 8.97. The molecule has 2 aromatic rings. The lowest BCUT2D eigenvalue weighted by Gasteiger charge is -2.14. The van der Waals surface area contributed by atoms with Crippen LogP contribution in [0.3, 0.4) is 0 Å². The summed E-state index contributed by atoms with van der Waals surface area (Å²) in [6.45, 7) is 5.90. The largest absolute Gasteiger partial charge is 0.457 e. The van der Waals surface area contributed by atoms with Crippen LogP contribution < -0.4 is 4.74 Å². The van der Waals surface area contributed by atoms with Gasteiger partial charge in [-0.05, 0) is 61.2 Å². The van der Waals surface area contributed by atoms with Gasteiger partial charge in [0.2, 0.25) is 0 Å². The number of benzene rings is 2. The molecular weight excluding hydrogens is 270 g/mol. The molecule has 0 fully saturated rings. The van der Waals surface area contributed by atoms with Crippen molar-refractivity contribution in [3.8, 4) is 17.6 Å². The number of aryl methyl sites for hydroxylation is 3. The third-order valence-corrected chi connectivity index (χ3v) is 3.52. The lowest BCUT2D eigenvalue weighted by molar-refractivity contribution is 0.471. The van der Waals surface area contributed by atoms with Crippen LogP contribution in [-0.4, -0.2) is 0 Å². The quantitative estimate of drug-likeness (QED) is 0.742. The van der Waals surface area contributed by atoms with Crippen LogP contribution in [0.25, 0.3) is 0 Å². The van der Waals surface area contributed by atoms with E-state index >= 15 is 0 Å². The molecule has 102 valence electrons. The Morgan fingerprint density at radius 1 is 1.05 bits per heavy atom. The molecule has 0 atom stereocenters. The molecule has 0 saturated heterocycles. The fraction of sp³-hybridized carbons (Fsp3) is 0.235. The standard InChI is InChI=1S/C17H16ClNO/c1-11-4-5-14(9-18)8-16(11)20-17-12(2)6-15(10-19)7-13(17)3/h4-8H,9H2,1-3H3. The van der Waals surface area contributed by atoms with Gasteiger partial charge in [-0.3, -0.25) is 0 Å². The summed E-state index contributed by atoms with van der Waals surface area (Å²) in [6, 6.07) is 11.8. The van der Waals surface area contributed by atoms with E-state index in [-0.39, 0.29) is 0 Å². The SMILES string of the molecule is Cc1ccc(CCl)cc1Oc1c(C)cc(C#N)cc1C. The number of alkyl halides is 1. The summed E-state index contributed by atoms with van der Waals surface area (Å²) < 4.78 is 6.04. The van der Waals surface area contributed by atoms with E-state index in [9.17, 15) is 0 Å². The Bertz CT molecular complexity index is 663. The molecule has 0 unspecified atom stereocenters. The Morgan fingerprint density at radius 3 is 2.25 bits per heavy atom. The highest BCUT2D eigenvalue weighted by Gasteiger charge is 2.10. The van der Waals surface area contributed by atoms with Crippen LogP contribution in [0.1, 0.15) is 27.8 Å². The molecule has 0 N–H and O–H groups in total. The number of hydrogen-bond acceptors (Lipinski definition) is 2. The number of nitriles is 1. The smallest absolute Gasteiger partial charge is 0.133 e. The third-order valence-electron chi connectivity index (χ3n) is 3.21. The van der Waals surface area contributed by atoms with E-state index in [0.29, 0.717) is 11.4 Å². The number of ether oxygens (including phenoxy) is 1. The summed E-state index contributed by atoms with van der Waals surface area (Å²) in [6.07, 6.45) is 0. The van der Waals surface area contributed by atoms with Crippen molar-refractivity contribution in [2.75, 3.05) is 0 Å². The monoisotopic (exact) mass is 285 g/mol. The molecule has 0 aliphatic rings. The second-order valence-electron chi connectivity index (χ2n) is 4.89. The third kappa shape index (κ3) is 2.95. The van der Waals surface area contributed by atoms with Gasteiger partial charge < -0.3 is 4.74 Å². The average Bonchev–Trinajstić information content (AvgIpc) is 2.44. The molecule has 0 aromatic heterocycles. The Morgan fingerprint density at radius 2 is 1.70 bits per heavy atom. The Hall–Kier alpha value is -1.98. The van der Waals surface area contributed by atoms with Crippen LogP contribution in [0.5, 0.6) is 11.5 Å². The van der Waals surface area contributed by atoms with E-state index in [0.717, 1.165) is 33.8 Å². The maximum atomic E-state index is 8.97. The summed E-state index contributed by atoms with van der Waals surface area (Å²) in [4.78, 5) is 0. The van der Waals surface area contributed by atoms with Gasteiger partial charge in [0.05, 0.1) is 11.6 Å². The van der Waals surface area contributed by atoms with Crippen molar-refractivity contribution in [1.82, 2.24) is 0 Å². The van der Waals surface area contributed by atoms with Crippen molar-refractivity contribution in [2.45, 2.75) is 26.7 Å². The summed E-state index contributed by atoms with van der Waals surface area (Å²) in [5.41, 5.74) is 4.64. The van der Waals surface area contributed by atoms with Gasteiger partial charge in [0.25, 0.3) is 0 Å². The normalized spacial score (nSPS) is 10.2. The Balaban J connectivity index is 2.43. The highest BCUT2D eigenvalue weighted by Crippen LogP contribution is 2.32. The average molecular weight is 286 g/mol. The first-order valence-electron chi connectivity index (χ1n) is 6.40. The number of halogens is 1. The van der Waals surface area contributed by atoms with E-state index in [1.165, 1.54) is 0 Å². The number of hydrogen-bond donors (Lipinski definition) is 0. The predicted molar refractivity (Wildman–Crippen MR) is 81.4 cm³/mol. The van der Waals surface area contributed by atoms with Gasteiger partial charge in [-0.15, -0.1) is 11.6 Å². The van der Waals surface area contributed by atoms with Gasteiger partial charge in [-0.25, -0.2) is 0 Å². The highest BCUT2D eigenvalue weighted by atomic mass is 35.5. The zero-order valence-corrected chi connectivity index (χ0v) is 12.6. The second kappa shape index (κ2) is 5.98. The fourth-order valence-electron chi connectivity index (χ4n) is 2.12. The van der Waals surface area contributed by atoms with Crippen molar-refractivity contribution in [2.24, 2.45) is 0 Å². The molecule has 0 saturated carbocycles. The van der Waals surface area contributed by atoms with Crippen LogP contribution in [0.2, 0.25) is 0 Å². The van der Waals surface area contributed by atoms with Crippen LogP contribution in [0.4, 0.5) is 0 Å². The molecular formula is C17H16ClNO. The zero-order chi connectivity index (χ0) is 14.7. The van der Waals surface area contributed by atoms with Crippen LogP contribution >= 0.6 is 11.6 Å². The van der Waals surface area contributed by atoms with Crippen molar-refractivity contribution in [3.63, 3.8) is 0 Å². The second-order valence-corrected chi connectivity index (χ2v) is 5.15. The van der Waals surface area contributed by atoms with Gasteiger partial charge in [-0.1, -0.05) is 12.1 Å². The minimum absolute atomic E-state index is 0.460. The van der Waals surface area contributed by atoms with Crippen molar-refractivity contribution in [3.05, 3.63) is 58.1 Å². The topological polar surface area (TPSA) is 33.0 Å². The molecule has 2 rings (SSSR count). The van der Waals surface area contributed by atoms with E-state index in [4.69, 9.17) is 21.6 Å². The highest BCUT2D eigenvalue weighted by molar-refractivity contribution is 6.17. The first kappa shape index (κ1) is 14.4. The van der Waals surface area contributed by atoms with Crippen LogP contribution in [0, 0.1) is 32.1 Å². The Labute approximate surface area is 124 Å². The summed E-state index contributed by atoms with van der Waals surface area (Å²) in [5.74, 6) is 2.07. The van der Waals surface area contributed by atoms with Gasteiger partial charge in [0.15, 0.2) is 0 Å². The van der Waals surface area contributed by atoms with E-state index in [1.807, 2.05) is 51.1 Å². The molecule has 2 nitrogen and oxygen atoms in total. The van der Waals surface area contributed by atoms with Crippen molar-refractivity contribution in [1.29, 1.82) is 5.26 Å². The first-order chi connectivity index (χ1) is 9.55. The molecule has 0 aliphatic heterocycles. The van der Waals surface area contributed by atoms with Gasteiger partial charge in [0, 0.05) is 5.88 Å². The Kier molecular flexibility index (Phi) is 4.32. The zero-order valence-electron chi connectivity index (χ0n) is 11.8. The molecule has 0 radical (unpaired) electrons. The minimum Gasteiger partial charge on any atom is -0.457 e. The van der Waals surface area contributed by atoms with E-state index < -0.39 is 0 Å². The van der Waals surface area contributed by atoms with Crippen molar-refractivity contribution >= 4 is 11.6 Å². The first-order valence-corrected chi connectivity index (χ1v) is 6.93. The number of nitrogens with zero attached hydrogens (tertiary/aromatic N) is 1.